The van der Waals surface area contributed by atoms with E-state index >= 15 is 0 Å². The highest BCUT2D eigenvalue weighted by molar-refractivity contribution is 5.91. The van der Waals surface area contributed by atoms with Crippen molar-refractivity contribution in [1.29, 1.82) is 0 Å². The van der Waals surface area contributed by atoms with Crippen molar-refractivity contribution in [3.63, 3.8) is 0 Å². The lowest BCUT2D eigenvalue weighted by atomic mass is 10.2. The van der Waals surface area contributed by atoms with Gasteiger partial charge in [-0.15, -0.1) is 0 Å². The molecular weight excluding hydrogens is 282 g/mol. The number of carbonyl (C=O) groups excluding carboxylic acids is 1. The predicted molar refractivity (Wildman–Crippen MR) is 82.0 cm³/mol. The van der Waals surface area contributed by atoms with Gasteiger partial charge in [-0.1, -0.05) is 0 Å². The third-order valence-corrected chi connectivity index (χ3v) is 3.87. The summed E-state index contributed by atoms with van der Waals surface area (Å²) >= 11 is 0. The summed E-state index contributed by atoms with van der Waals surface area (Å²) < 4.78 is 11.4. The van der Waals surface area contributed by atoms with Crippen LogP contribution in [0.25, 0.3) is 11.4 Å². The van der Waals surface area contributed by atoms with Crippen LogP contribution in [0.1, 0.15) is 36.2 Å². The third kappa shape index (κ3) is 2.90. The molecule has 0 radical (unpaired) electrons. The molecule has 0 atom stereocenters. The summed E-state index contributed by atoms with van der Waals surface area (Å²) in [6.07, 6.45) is 6.21. The number of ether oxygens (including phenoxy) is 2. The minimum atomic E-state index is -0.533. The smallest absolute Gasteiger partial charge is 0.266 e. The van der Waals surface area contributed by atoms with E-state index in [9.17, 15) is 4.79 Å². The monoisotopic (exact) mass is 301 g/mol. The van der Waals surface area contributed by atoms with Crippen LogP contribution in [-0.4, -0.2) is 29.1 Å². The largest absolute Gasteiger partial charge is 0.493 e. The average molecular weight is 301 g/mol. The maximum atomic E-state index is 11.1. The number of benzene rings is 1. The van der Waals surface area contributed by atoms with Crippen molar-refractivity contribution in [3.8, 4) is 22.9 Å². The third-order valence-electron chi connectivity index (χ3n) is 3.87. The van der Waals surface area contributed by atoms with Crippen LogP contribution in [0.5, 0.6) is 11.5 Å². The molecule has 1 aromatic carbocycles. The Kier molecular flexibility index (Phi) is 4.00. The molecule has 1 amide bonds. The van der Waals surface area contributed by atoms with Gasteiger partial charge in [0.2, 0.25) is 0 Å². The van der Waals surface area contributed by atoms with Crippen LogP contribution in [0.2, 0.25) is 0 Å². The first-order chi connectivity index (χ1) is 10.7. The molecular formula is C16H19N3O3. The number of amides is 1. The molecule has 0 spiro atoms. The highest BCUT2D eigenvalue weighted by Gasteiger charge is 2.19. The zero-order chi connectivity index (χ0) is 15.5. The molecule has 1 aliphatic rings. The van der Waals surface area contributed by atoms with Gasteiger partial charge in [-0.05, 0) is 43.9 Å². The van der Waals surface area contributed by atoms with Crippen molar-refractivity contribution < 1.29 is 14.3 Å². The second-order valence-corrected chi connectivity index (χ2v) is 5.40. The van der Waals surface area contributed by atoms with E-state index < -0.39 is 5.91 Å². The Morgan fingerprint density at radius 2 is 2.09 bits per heavy atom. The van der Waals surface area contributed by atoms with E-state index in [1.807, 2.05) is 18.2 Å². The first-order valence-corrected chi connectivity index (χ1v) is 7.37. The molecule has 0 unspecified atom stereocenters. The van der Waals surface area contributed by atoms with Gasteiger partial charge < -0.3 is 20.2 Å². The van der Waals surface area contributed by atoms with E-state index in [0.29, 0.717) is 17.3 Å². The quantitative estimate of drug-likeness (QED) is 0.887. The zero-order valence-corrected chi connectivity index (χ0v) is 12.5. The fraction of sp³-hybridized carbons (Fsp3) is 0.375. The molecule has 1 aromatic heterocycles. The highest BCUT2D eigenvalue weighted by Crippen LogP contribution is 2.34. The molecule has 116 valence electrons. The molecule has 3 N–H and O–H groups in total. The van der Waals surface area contributed by atoms with Crippen molar-refractivity contribution in [2.75, 3.05) is 7.11 Å². The fourth-order valence-electron chi connectivity index (χ4n) is 2.69. The lowest BCUT2D eigenvalue weighted by Gasteiger charge is -2.16. The van der Waals surface area contributed by atoms with Crippen molar-refractivity contribution in [3.05, 3.63) is 30.1 Å². The highest BCUT2D eigenvalue weighted by atomic mass is 16.5. The second kappa shape index (κ2) is 6.09. The number of nitrogens with zero attached hydrogens (tertiary/aromatic N) is 1. The van der Waals surface area contributed by atoms with Crippen LogP contribution < -0.4 is 15.2 Å². The molecule has 0 bridgehead atoms. The number of hydrogen-bond donors (Lipinski definition) is 2. The molecule has 22 heavy (non-hydrogen) atoms. The summed E-state index contributed by atoms with van der Waals surface area (Å²) in [7, 11) is 1.62. The van der Waals surface area contributed by atoms with E-state index in [2.05, 4.69) is 9.97 Å². The Morgan fingerprint density at radius 1 is 1.32 bits per heavy atom. The number of imidazole rings is 1. The van der Waals surface area contributed by atoms with Crippen molar-refractivity contribution in [1.82, 2.24) is 9.97 Å². The summed E-state index contributed by atoms with van der Waals surface area (Å²) in [6, 6.07) is 5.58. The molecule has 2 aromatic rings. The summed E-state index contributed by atoms with van der Waals surface area (Å²) in [5, 5.41) is 0. The van der Waals surface area contributed by atoms with Crippen LogP contribution in [-0.2, 0) is 0 Å². The summed E-state index contributed by atoms with van der Waals surface area (Å²) in [6.45, 7) is 0. The molecule has 6 heteroatoms. The Bertz CT molecular complexity index is 675. The predicted octanol–water partition coefficient (Wildman–Crippen LogP) is 2.51. The number of aromatic amines is 1. The van der Waals surface area contributed by atoms with Gasteiger partial charge in [0.15, 0.2) is 11.5 Å². The van der Waals surface area contributed by atoms with Gasteiger partial charge in [0.25, 0.3) is 5.91 Å². The zero-order valence-electron chi connectivity index (χ0n) is 12.5. The number of hydrogen-bond acceptors (Lipinski definition) is 4. The van der Waals surface area contributed by atoms with Crippen LogP contribution in [0, 0.1) is 0 Å². The van der Waals surface area contributed by atoms with Gasteiger partial charge >= 0.3 is 0 Å². The van der Waals surface area contributed by atoms with Gasteiger partial charge in [0.05, 0.1) is 19.4 Å². The first kappa shape index (κ1) is 14.4. The molecule has 1 fully saturated rings. The average Bonchev–Trinajstić information content (AvgIpc) is 3.18. The maximum absolute atomic E-state index is 11.1. The molecule has 1 saturated carbocycles. The number of methoxy groups -OCH3 is 1. The van der Waals surface area contributed by atoms with Gasteiger partial charge in [-0.2, -0.15) is 0 Å². The van der Waals surface area contributed by atoms with Crippen LogP contribution in [0.15, 0.2) is 24.4 Å². The summed E-state index contributed by atoms with van der Waals surface area (Å²) in [5.74, 6) is 1.43. The number of nitrogens with one attached hydrogen (secondary N) is 1. The minimum absolute atomic E-state index is 0.238. The van der Waals surface area contributed by atoms with Crippen molar-refractivity contribution >= 4 is 5.91 Å². The SMILES string of the molecule is COc1ccc(-c2ncc(C(N)=O)[nH]2)cc1OC1CCCC1. The summed E-state index contributed by atoms with van der Waals surface area (Å²) in [5.41, 5.74) is 6.34. The topological polar surface area (TPSA) is 90.2 Å². The van der Waals surface area contributed by atoms with Gasteiger partial charge in [-0.25, -0.2) is 4.98 Å². The summed E-state index contributed by atoms with van der Waals surface area (Å²) in [4.78, 5) is 18.2. The van der Waals surface area contributed by atoms with E-state index in [0.717, 1.165) is 18.4 Å². The van der Waals surface area contributed by atoms with Gasteiger partial charge in [0, 0.05) is 5.56 Å². The standard InChI is InChI=1S/C16H19N3O3/c1-21-13-7-6-10(16-18-9-12(19-16)15(17)20)8-14(13)22-11-4-2-3-5-11/h6-9,11H,2-5H2,1H3,(H2,17,20)(H,18,19). The molecule has 3 rings (SSSR count). The van der Waals surface area contributed by atoms with Crippen molar-refractivity contribution in [2.24, 2.45) is 5.73 Å². The number of primary amides is 1. The molecule has 6 nitrogen and oxygen atoms in total. The van der Waals surface area contributed by atoms with E-state index in [-0.39, 0.29) is 11.8 Å². The number of aromatic nitrogens is 2. The second-order valence-electron chi connectivity index (χ2n) is 5.40. The van der Waals surface area contributed by atoms with Crippen LogP contribution in [0.3, 0.4) is 0 Å². The first-order valence-electron chi connectivity index (χ1n) is 7.37. The number of rotatable bonds is 5. The molecule has 0 aliphatic heterocycles. The fourth-order valence-corrected chi connectivity index (χ4v) is 2.69. The van der Waals surface area contributed by atoms with E-state index in [4.69, 9.17) is 15.2 Å². The Labute approximate surface area is 128 Å². The maximum Gasteiger partial charge on any atom is 0.266 e. The molecule has 0 saturated heterocycles. The van der Waals surface area contributed by atoms with Gasteiger partial charge in [0.1, 0.15) is 11.5 Å². The lowest BCUT2D eigenvalue weighted by Crippen LogP contribution is -2.11. The van der Waals surface area contributed by atoms with E-state index in [1.54, 1.807) is 7.11 Å². The Morgan fingerprint density at radius 3 is 2.73 bits per heavy atom. The molecule has 1 aliphatic carbocycles. The Hall–Kier alpha value is -2.50. The number of H-pyrrole nitrogens is 1. The van der Waals surface area contributed by atoms with Gasteiger partial charge in [-0.3, -0.25) is 4.79 Å². The number of carbonyl (C=O) groups is 1. The van der Waals surface area contributed by atoms with Crippen LogP contribution >= 0.6 is 0 Å². The van der Waals surface area contributed by atoms with Crippen molar-refractivity contribution in [2.45, 2.75) is 31.8 Å². The number of nitrogens with two attached hydrogens (primary N) is 1. The normalized spacial score (nSPS) is 15.0. The lowest BCUT2D eigenvalue weighted by molar-refractivity contribution is 0.0996. The Balaban J connectivity index is 1.89. The van der Waals surface area contributed by atoms with E-state index in [1.165, 1.54) is 19.0 Å². The molecule has 1 heterocycles. The minimum Gasteiger partial charge on any atom is -0.493 e. The van der Waals surface area contributed by atoms with Crippen LogP contribution in [0.4, 0.5) is 0 Å².